The van der Waals surface area contributed by atoms with Crippen LogP contribution in [0, 0.1) is 5.41 Å². The zero-order valence-electron chi connectivity index (χ0n) is 9.54. The Morgan fingerprint density at radius 2 is 2.27 bits per heavy atom. The van der Waals surface area contributed by atoms with Crippen LogP contribution >= 0.6 is 11.3 Å². The number of rotatable bonds is 4. The smallest absolute Gasteiger partial charge is 0.220 e. The zero-order valence-corrected chi connectivity index (χ0v) is 10.4. The van der Waals surface area contributed by atoms with Gasteiger partial charge in [-0.05, 0) is 5.41 Å². The van der Waals surface area contributed by atoms with Crippen molar-refractivity contribution in [3.05, 3.63) is 16.6 Å². The van der Waals surface area contributed by atoms with Gasteiger partial charge in [-0.3, -0.25) is 4.79 Å². The largest absolute Gasteiger partial charge is 0.356 e. The van der Waals surface area contributed by atoms with E-state index in [1.54, 1.807) is 17.5 Å². The topological polar surface area (TPSA) is 42.0 Å². The second-order valence-corrected chi connectivity index (χ2v) is 5.74. The van der Waals surface area contributed by atoms with Crippen LogP contribution in [0.4, 0.5) is 0 Å². The van der Waals surface area contributed by atoms with E-state index in [0.717, 1.165) is 11.4 Å². The van der Waals surface area contributed by atoms with Crippen LogP contribution in [0.5, 0.6) is 0 Å². The first-order valence-electron chi connectivity index (χ1n) is 5.12. The van der Waals surface area contributed by atoms with E-state index >= 15 is 0 Å². The molecule has 0 unspecified atom stereocenters. The van der Waals surface area contributed by atoms with Crippen molar-refractivity contribution in [1.82, 2.24) is 10.3 Å². The van der Waals surface area contributed by atoms with Gasteiger partial charge in [0, 0.05) is 31.0 Å². The van der Waals surface area contributed by atoms with Gasteiger partial charge in [-0.1, -0.05) is 20.8 Å². The molecular weight excluding hydrogens is 208 g/mol. The number of hydrogen-bond donors (Lipinski definition) is 1. The summed E-state index contributed by atoms with van der Waals surface area (Å²) in [5.74, 6) is 0.124. The molecule has 0 spiro atoms. The van der Waals surface area contributed by atoms with Crippen molar-refractivity contribution in [2.45, 2.75) is 33.6 Å². The molecule has 1 amide bonds. The van der Waals surface area contributed by atoms with E-state index in [0.29, 0.717) is 13.0 Å². The van der Waals surface area contributed by atoms with Crippen LogP contribution in [0.2, 0.25) is 0 Å². The number of nitrogens with one attached hydrogen (secondary N) is 1. The molecule has 4 heteroatoms. The maximum absolute atomic E-state index is 11.5. The van der Waals surface area contributed by atoms with Crippen LogP contribution in [-0.4, -0.2) is 17.4 Å². The average Bonchev–Trinajstić information content (AvgIpc) is 2.53. The Kier molecular flexibility index (Phi) is 4.27. The predicted molar refractivity (Wildman–Crippen MR) is 62.9 cm³/mol. The highest BCUT2D eigenvalue weighted by Gasteiger charge is 2.15. The summed E-state index contributed by atoms with van der Waals surface area (Å²) in [4.78, 5) is 15.6. The van der Waals surface area contributed by atoms with E-state index in [1.165, 1.54) is 0 Å². The summed E-state index contributed by atoms with van der Waals surface area (Å²) in [6, 6.07) is 0. The van der Waals surface area contributed by atoms with Crippen molar-refractivity contribution in [3.63, 3.8) is 0 Å². The summed E-state index contributed by atoms with van der Waals surface area (Å²) in [5.41, 5.74) is 0.0608. The molecule has 0 radical (unpaired) electrons. The van der Waals surface area contributed by atoms with E-state index in [2.05, 4.69) is 31.1 Å². The molecule has 3 nitrogen and oxygen atoms in total. The molecule has 1 N–H and O–H groups in total. The highest BCUT2D eigenvalue weighted by atomic mass is 32.1. The minimum atomic E-state index is 0.0608. The van der Waals surface area contributed by atoms with Crippen LogP contribution in [-0.2, 0) is 11.2 Å². The fourth-order valence-electron chi connectivity index (χ4n) is 1.23. The second kappa shape index (κ2) is 5.26. The molecule has 0 saturated carbocycles. The lowest BCUT2D eigenvalue weighted by atomic mass is 9.92. The van der Waals surface area contributed by atoms with Gasteiger partial charge in [-0.2, -0.15) is 0 Å². The van der Waals surface area contributed by atoms with Gasteiger partial charge in [0.1, 0.15) is 0 Å². The van der Waals surface area contributed by atoms with Crippen molar-refractivity contribution >= 4 is 17.2 Å². The average molecular weight is 226 g/mol. The van der Waals surface area contributed by atoms with E-state index in [4.69, 9.17) is 0 Å². The number of aromatic nitrogens is 1. The predicted octanol–water partition coefficient (Wildman–Crippen LogP) is 2.24. The molecule has 1 rings (SSSR count). The zero-order chi connectivity index (χ0) is 11.3. The molecule has 0 fully saturated rings. The van der Waals surface area contributed by atoms with Gasteiger partial charge in [0.2, 0.25) is 5.91 Å². The molecule has 84 valence electrons. The molecule has 1 aromatic heterocycles. The fourth-order valence-corrected chi connectivity index (χ4v) is 1.85. The second-order valence-electron chi connectivity index (χ2n) is 4.76. The van der Waals surface area contributed by atoms with Crippen LogP contribution in [0.1, 0.15) is 32.2 Å². The summed E-state index contributed by atoms with van der Waals surface area (Å²) >= 11 is 1.63. The Balaban J connectivity index is 2.18. The summed E-state index contributed by atoms with van der Waals surface area (Å²) in [7, 11) is 0. The molecule has 15 heavy (non-hydrogen) atoms. The summed E-state index contributed by atoms with van der Waals surface area (Å²) in [6.45, 7) is 6.87. The van der Waals surface area contributed by atoms with Gasteiger partial charge in [-0.15, -0.1) is 11.3 Å². The fraction of sp³-hybridized carbons (Fsp3) is 0.636. The van der Waals surface area contributed by atoms with Gasteiger partial charge in [-0.25, -0.2) is 4.98 Å². The lowest BCUT2D eigenvalue weighted by molar-refractivity contribution is -0.122. The van der Waals surface area contributed by atoms with E-state index in [1.807, 2.05) is 5.38 Å². The maximum Gasteiger partial charge on any atom is 0.220 e. The number of carbonyl (C=O) groups excluding carboxylic acids is 1. The van der Waals surface area contributed by atoms with Crippen molar-refractivity contribution in [2.75, 3.05) is 6.54 Å². The van der Waals surface area contributed by atoms with Crippen LogP contribution in [0.15, 0.2) is 11.6 Å². The minimum Gasteiger partial charge on any atom is -0.356 e. The molecule has 1 heterocycles. The van der Waals surface area contributed by atoms with Crippen LogP contribution < -0.4 is 5.32 Å². The van der Waals surface area contributed by atoms with Crippen molar-refractivity contribution in [3.8, 4) is 0 Å². The Morgan fingerprint density at radius 1 is 1.53 bits per heavy atom. The molecular formula is C11H18N2OS. The van der Waals surface area contributed by atoms with Gasteiger partial charge >= 0.3 is 0 Å². The van der Waals surface area contributed by atoms with Crippen molar-refractivity contribution in [1.29, 1.82) is 0 Å². The van der Waals surface area contributed by atoms with Gasteiger partial charge < -0.3 is 5.32 Å². The van der Waals surface area contributed by atoms with Crippen molar-refractivity contribution in [2.24, 2.45) is 5.41 Å². The quantitative estimate of drug-likeness (QED) is 0.855. The molecule has 0 saturated heterocycles. The van der Waals surface area contributed by atoms with E-state index < -0.39 is 0 Å². The first kappa shape index (κ1) is 12.2. The number of thiazole rings is 1. The van der Waals surface area contributed by atoms with Gasteiger partial charge in [0.25, 0.3) is 0 Å². The Morgan fingerprint density at radius 3 is 2.80 bits per heavy atom. The van der Waals surface area contributed by atoms with Crippen LogP contribution in [0.25, 0.3) is 0 Å². The van der Waals surface area contributed by atoms with E-state index in [-0.39, 0.29) is 11.3 Å². The third-order valence-electron chi connectivity index (χ3n) is 1.84. The first-order chi connectivity index (χ1) is 6.97. The maximum atomic E-state index is 11.5. The summed E-state index contributed by atoms with van der Waals surface area (Å²) in [5, 5.41) is 5.93. The number of carbonyl (C=O) groups is 1. The molecule has 0 atom stereocenters. The molecule has 0 aliphatic heterocycles. The Hall–Kier alpha value is -0.900. The molecule has 0 aliphatic carbocycles. The summed E-state index contributed by atoms with van der Waals surface area (Å²) < 4.78 is 0. The Labute approximate surface area is 94.9 Å². The molecule has 0 aromatic carbocycles. The van der Waals surface area contributed by atoms with Crippen LogP contribution in [0.3, 0.4) is 0 Å². The summed E-state index contributed by atoms with van der Waals surface area (Å²) in [6.07, 6.45) is 3.19. The third kappa shape index (κ3) is 5.52. The number of nitrogens with zero attached hydrogens (tertiary/aromatic N) is 1. The first-order valence-corrected chi connectivity index (χ1v) is 6.00. The molecule has 1 aromatic rings. The Bertz CT molecular complexity index is 301. The minimum absolute atomic E-state index is 0.0608. The molecule has 0 bridgehead atoms. The lowest BCUT2D eigenvalue weighted by Gasteiger charge is -2.16. The number of amides is 1. The normalized spacial score (nSPS) is 11.4. The van der Waals surface area contributed by atoms with E-state index in [9.17, 15) is 4.79 Å². The van der Waals surface area contributed by atoms with Gasteiger partial charge in [0.05, 0.1) is 5.01 Å². The molecule has 0 aliphatic rings. The monoisotopic (exact) mass is 226 g/mol. The van der Waals surface area contributed by atoms with Crippen molar-refractivity contribution < 1.29 is 4.79 Å². The lowest BCUT2D eigenvalue weighted by Crippen LogP contribution is -2.29. The SMILES string of the molecule is CC(C)(C)CC(=O)NCCc1nccs1. The highest BCUT2D eigenvalue weighted by molar-refractivity contribution is 7.09. The van der Waals surface area contributed by atoms with Gasteiger partial charge in [0.15, 0.2) is 0 Å². The highest BCUT2D eigenvalue weighted by Crippen LogP contribution is 2.17. The number of hydrogen-bond acceptors (Lipinski definition) is 3. The standard InChI is InChI=1S/C11H18N2OS/c1-11(2,3)8-9(14)12-5-4-10-13-6-7-15-10/h6-7H,4-5,8H2,1-3H3,(H,12,14). The third-order valence-corrected chi connectivity index (χ3v) is 2.67.